The fraction of sp³-hybridized carbons (Fsp3) is 0.684. The van der Waals surface area contributed by atoms with Crippen LogP contribution in [0.4, 0.5) is 0 Å². The van der Waals surface area contributed by atoms with Crippen molar-refractivity contribution in [3.05, 3.63) is 30.1 Å². The third-order valence-electron chi connectivity index (χ3n) is 5.16. The summed E-state index contributed by atoms with van der Waals surface area (Å²) in [4.78, 5) is 21.0. The molecule has 5 nitrogen and oxygen atoms in total. The summed E-state index contributed by atoms with van der Waals surface area (Å²) in [6, 6.07) is 3.67. The molecule has 5 heteroatoms. The van der Waals surface area contributed by atoms with Gasteiger partial charge in [0.15, 0.2) is 0 Å². The summed E-state index contributed by atoms with van der Waals surface area (Å²) in [6.45, 7) is 9.30. The number of hydrogen-bond acceptors (Lipinski definition) is 4. The third-order valence-corrected chi connectivity index (χ3v) is 5.16. The molecule has 0 aromatic carbocycles. The number of carbonyl (C=O) groups is 1. The molecule has 3 heterocycles. The SMILES string of the molecule is CC1CN(CCC2CCN(C(=O)c3cccnc3)CC2)CC(C)O1. The van der Waals surface area contributed by atoms with Crippen LogP contribution >= 0.6 is 0 Å². The smallest absolute Gasteiger partial charge is 0.255 e. The van der Waals surface area contributed by atoms with E-state index < -0.39 is 0 Å². The zero-order valence-electron chi connectivity index (χ0n) is 14.9. The zero-order valence-corrected chi connectivity index (χ0v) is 14.9. The van der Waals surface area contributed by atoms with Crippen LogP contribution in [0.1, 0.15) is 43.5 Å². The normalized spacial score (nSPS) is 26.5. The number of piperidine rings is 1. The van der Waals surface area contributed by atoms with Gasteiger partial charge in [0.25, 0.3) is 5.91 Å². The van der Waals surface area contributed by atoms with Gasteiger partial charge >= 0.3 is 0 Å². The van der Waals surface area contributed by atoms with E-state index in [-0.39, 0.29) is 5.91 Å². The maximum absolute atomic E-state index is 12.4. The lowest BCUT2D eigenvalue weighted by molar-refractivity contribution is -0.0693. The highest BCUT2D eigenvalue weighted by Crippen LogP contribution is 2.23. The number of likely N-dealkylation sites (tertiary alicyclic amines) is 1. The summed E-state index contributed by atoms with van der Waals surface area (Å²) in [6.07, 6.45) is 7.50. The van der Waals surface area contributed by atoms with Gasteiger partial charge in [0, 0.05) is 38.6 Å². The molecule has 1 aromatic rings. The molecule has 0 radical (unpaired) electrons. The Morgan fingerprint density at radius 2 is 1.96 bits per heavy atom. The van der Waals surface area contributed by atoms with Crippen molar-refractivity contribution in [2.75, 3.05) is 32.7 Å². The Kier molecular flexibility index (Phi) is 5.85. The van der Waals surface area contributed by atoms with Crippen LogP contribution in [-0.4, -0.2) is 65.6 Å². The Morgan fingerprint density at radius 1 is 1.25 bits per heavy atom. The molecule has 0 N–H and O–H groups in total. The average Bonchev–Trinajstić information content (AvgIpc) is 2.60. The van der Waals surface area contributed by atoms with Gasteiger partial charge in [-0.05, 0) is 57.7 Å². The van der Waals surface area contributed by atoms with Crippen molar-refractivity contribution < 1.29 is 9.53 Å². The van der Waals surface area contributed by atoms with Gasteiger partial charge in [0.2, 0.25) is 0 Å². The summed E-state index contributed by atoms with van der Waals surface area (Å²) in [7, 11) is 0. The molecule has 2 atom stereocenters. The molecule has 132 valence electrons. The van der Waals surface area contributed by atoms with Gasteiger partial charge in [-0.25, -0.2) is 0 Å². The van der Waals surface area contributed by atoms with Crippen molar-refractivity contribution in [1.82, 2.24) is 14.8 Å². The van der Waals surface area contributed by atoms with E-state index in [1.54, 1.807) is 12.4 Å². The number of aromatic nitrogens is 1. The molecule has 1 aromatic heterocycles. The predicted octanol–water partition coefficient (Wildman–Crippen LogP) is 2.43. The molecule has 0 saturated carbocycles. The third kappa shape index (κ3) is 4.54. The van der Waals surface area contributed by atoms with Crippen molar-refractivity contribution in [1.29, 1.82) is 0 Å². The van der Waals surface area contributed by atoms with Gasteiger partial charge in [-0.3, -0.25) is 14.7 Å². The van der Waals surface area contributed by atoms with Gasteiger partial charge in [-0.2, -0.15) is 0 Å². The minimum Gasteiger partial charge on any atom is -0.373 e. The highest BCUT2D eigenvalue weighted by molar-refractivity contribution is 5.93. The lowest BCUT2D eigenvalue weighted by Gasteiger charge is -2.37. The fourth-order valence-electron chi connectivity index (χ4n) is 3.93. The highest BCUT2D eigenvalue weighted by atomic mass is 16.5. The minimum absolute atomic E-state index is 0.123. The maximum Gasteiger partial charge on any atom is 0.255 e. The van der Waals surface area contributed by atoms with E-state index in [0.29, 0.717) is 17.8 Å². The molecule has 0 aliphatic carbocycles. The van der Waals surface area contributed by atoms with Gasteiger partial charge in [-0.15, -0.1) is 0 Å². The molecule has 2 aliphatic rings. The number of pyridine rings is 1. The van der Waals surface area contributed by atoms with E-state index in [0.717, 1.165) is 51.5 Å². The lowest BCUT2D eigenvalue weighted by Crippen LogP contribution is -2.46. The topological polar surface area (TPSA) is 45.7 Å². The molecule has 2 aliphatic heterocycles. The van der Waals surface area contributed by atoms with Crippen molar-refractivity contribution in [2.24, 2.45) is 5.92 Å². The summed E-state index contributed by atoms with van der Waals surface area (Å²) < 4.78 is 5.80. The van der Waals surface area contributed by atoms with E-state index in [2.05, 4.69) is 23.7 Å². The second kappa shape index (κ2) is 8.08. The number of rotatable bonds is 4. The second-order valence-corrected chi connectivity index (χ2v) is 7.28. The monoisotopic (exact) mass is 331 g/mol. The first-order valence-electron chi connectivity index (χ1n) is 9.19. The minimum atomic E-state index is 0.123. The van der Waals surface area contributed by atoms with Gasteiger partial charge in [0.1, 0.15) is 0 Å². The van der Waals surface area contributed by atoms with Crippen LogP contribution in [0.5, 0.6) is 0 Å². The summed E-state index contributed by atoms with van der Waals surface area (Å²) in [5, 5.41) is 0. The molecule has 1 amide bonds. The second-order valence-electron chi connectivity index (χ2n) is 7.28. The van der Waals surface area contributed by atoms with E-state index in [1.165, 1.54) is 6.42 Å². The summed E-state index contributed by atoms with van der Waals surface area (Å²) in [5.41, 5.74) is 0.701. The standard InChI is InChI=1S/C19H29N3O2/c1-15-13-21(14-16(2)24-15)9-5-17-6-10-22(11-7-17)19(23)18-4-3-8-20-12-18/h3-4,8,12,15-17H,5-7,9-11,13-14H2,1-2H3. The quantitative estimate of drug-likeness (QED) is 0.850. The van der Waals surface area contributed by atoms with Crippen LogP contribution < -0.4 is 0 Å². The molecule has 0 bridgehead atoms. The van der Waals surface area contributed by atoms with Crippen LogP contribution in [0.3, 0.4) is 0 Å². The number of ether oxygens (including phenoxy) is 1. The first-order valence-corrected chi connectivity index (χ1v) is 9.19. The first-order chi connectivity index (χ1) is 11.6. The molecular weight excluding hydrogens is 302 g/mol. The molecule has 2 unspecified atom stereocenters. The first kappa shape index (κ1) is 17.4. The Morgan fingerprint density at radius 3 is 2.58 bits per heavy atom. The van der Waals surface area contributed by atoms with Crippen molar-refractivity contribution in [3.8, 4) is 0 Å². The Labute approximate surface area is 145 Å². The van der Waals surface area contributed by atoms with Crippen LogP contribution in [0.15, 0.2) is 24.5 Å². The Bertz CT molecular complexity index is 519. The van der Waals surface area contributed by atoms with E-state index >= 15 is 0 Å². The molecule has 2 fully saturated rings. The van der Waals surface area contributed by atoms with Gasteiger partial charge < -0.3 is 9.64 Å². The maximum atomic E-state index is 12.4. The number of morpholine rings is 1. The molecule has 2 saturated heterocycles. The van der Waals surface area contributed by atoms with Gasteiger partial charge in [-0.1, -0.05) is 0 Å². The van der Waals surface area contributed by atoms with E-state index in [4.69, 9.17) is 4.74 Å². The molecule has 3 rings (SSSR count). The fourth-order valence-corrected chi connectivity index (χ4v) is 3.93. The Balaban J connectivity index is 1.41. The number of carbonyl (C=O) groups excluding carboxylic acids is 1. The summed E-state index contributed by atoms with van der Waals surface area (Å²) in [5.74, 6) is 0.855. The number of hydrogen-bond donors (Lipinski definition) is 0. The van der Waals surface area contributed by atoms with Crippen molar-refractivity contribution in [3.63, 3.8) is 0 Å². The average molecular weight is 331 g/mol. The van der Waals surface area contributed by atoms with E-state index in [1.807, 2.05) is 17.0 Å². The van der Waals surface area contributed by atoms with E-state index in [9.17, 15) is 4.79 Å². The summed E-state index contributed by atoms with van der Waals surface area (Å²) >= 11 is 0. The molecule has 0 spiro atoms. The molecular formula is C19H29N3O2. The predicted molar refractivity (Wildman–Crippen MR) is 93.9 cm³/mol. The highest BCUT2D eigenvalue weighted by Gasteiger charge is 2.26. The van der Waals surface area contributed by atoms with Gasteiger partial charge in [0.05, 0.1) is 17.8 Å². The van der Waals surface area contributed by atoms with Crippen LogP contribution in [0.25, 0.3) is 0 Å². The van der Waals surface area contributed by atoms with Crippen LogP contribution in [-0.2, 0) is 4.74 Å². The van der Waals surface area contributed by atoms with Crippen molar-refractivity contribution >= 4 is 5.91 Å². The number of nitrogens with zero attached hydrogens (tertiary/aromatic N) is 3. The zero-order chi connectivity index (χ0) is 16.9. The molecule has 24 heavy (non-hydrogen) atoms. The van der Waals surface area contributed by atoms with Crippen LogP contribution in [0.2, 0.25) is 0 Å². The van der Waals surface area contributed by atoms with Crippen molar-refractivity contribution in [2.45, 2.75) is 45.3 Å². The number of amides is 1. The largest absolute Gasteiger partial charge is 0.373 e. The van der Waals surface area contributed by atoms with Crippen LogP contribution in [0, 0.1) is 5.92 Å². The Hall–Kier alpha value is -1.46. The lowest BCUT2D eigenvalue weighted by atomic mass is 9.93.